The first-order chi connectivity index (χ1) is 6.69. The lowest BCUT2D eigenvalue weighted by Gasteiger charge is -2.24. The summed E-state index contributed by atoms with van der Waals surface area (Å²) >= 11 is 0. The number of ether oxygens (including phenoxy) is 1. The van der Waals surface area contributed by atoms with Crippen LogP contribution in [0.25, 0.3) is 0 Å². The molecule has 0 aromatic heterocycles. The highest BCUT2D eigenvalue weighted by Gasteiger charge is 2.26. The Morgan fingerprint density at radius 3 is 2.86 bits per heavy atom. The molecule has 1 aliphatic rings. The number of hydrogen-bond donors (Lipinski definition) is 0. The molecule has 1 saturated heterocycles. The Kier molecular flexibility index (Phi) is 4.36. The van der Waals surface area contributed by atoms with Gasteiger partial charge in [-0.3, -0.25) is 4.90 Å². The highest BCUT2D eigenvalue weighted by atomic mass is 16.5. The molecule has 0 spiro atoms. The SMILES string of the molecule is C=C(C=CC)C(C)N1CCC(OC)C1. The summed E-state index contributed by atoms with van der Waals surface area (Å²) in [7, 11) is 1.79. The van der Waals surface area contributed by atoms with Gasteiger partial charge in [0.2, 0.25) is 0 Å². The molecule has 2 atom stereocenters. The second kappa shape index (κ2) is 5.32. The average molecular weight is 195 g/mol. The predicted octanol–water partition coefficient (Wildman–Crippen LogP) is 2.23. The van der Waals surface area contributed by atoms with Crippen LogP contribution in [0.5, 0.6) is 0 Å². The Labute approximate surface area is 87.2 Å². The Hall–Kier alpha value is -0.600. The fourth-order valence-corrected chi connectivity index (χ4v) is 1.89. The second-order valence-electron chi connectivity index (χ2n) is 3.89. The van der Waals surface area contributed by atoms with Gasteiger partial charge in [0.1, 0.15) is 0 Å². The number of allylic oxidation sites excluding steroid dienone is 1. The van der Waals surface area contributed by atoms with Crippen LogP contribution in [0, 0.1) is 0 Å². The van der Waals surface area contributed by atoms with Crippen LogP contribution >= 0.6 is 0 Å². The zero-order valence-electron chi connectivity index (χ0n) is 9.49. The van der Waals surface area contributed by atoms with E-state index < -0.39 is 0 Å². The first-order valence-electron chi connectivity index (χ1n) is 5.27. The molecule has 0 radical (unpaired) electrons. The van der Waals surface area contributed by atoms with Crippen LogP contribution in [0.15, 0.2) is 24.3 Å². The van der Waals surface area contributed by atoms with Crippen LogP contribution in [-0.4, -0.2) is 37.2 Å². The third-order valence-electron chi connectivity index (χ3n) is 2.97. The van der Waals surface area contributed by atoms with E-state index >= 15 is 0 Å². The van der Waals surface area contributed by atoms with Crippen LogP contribution in [0.2, 0.25) is 0 Å². The Balaban J connectivity index is 2.46. The maximum Gasteiger partial charge on any atom is 0.0710 e. The number of nitrogens with zero attached hydrogens (tertiary/aromatic N) is 1. The molecule has 0 aromatic carbocycles. The van der Waals surface area contributed by atoms with Gasteiger partial charge in [-0.05, 0) is 25.8 Å². The summed E-state index contributed by atoms with van der Waals surface area (Å²) in [6.45, 7) is 10.5. The molecule has 0 saturated carbocycles. The van der Waals surface area contributed by atoms with Gasteiger partial charge in [0.15, 0.2) is 0 Å². The lowest BCUT2D eigenvalue weighted by molar-refractivity contribution is 0.105. The number of rotatable bonds is 4. The summed E-state index contributed by atoms with van der Waals surface area (Å²) in [5.74, 6) is 0. The molecule has 1 fully saturated rings. The zero-order chi connectivity index (χ0) is 10.6. The van der Waals surface area contributed by atoms with Gasteiger partial charge in [0, 0.05) is 26.2 Å². The van der Waals surface area contributed by atoms with E-state index in [2.05, 4.69) is 24.5 Å². The molecule has 80 valence electrons. The highest BCUT2D eigenvalue weighted by Crippen LogP contribution is 2.18. The van der Waals surface area contributed by atoms with Crippen LogP contribution in [0.1, 0.15) is 20.3 Å². The smallest absolute Gasteiger partial charge is 0.0710 e. The molecule has 1 heterocycles. The third-order valence-corrected chi connectivity index (χ3v) is 2.97. The van der Waals surface area contributed by atoms with Gasteiger partial charge >= 0.3 is 0 Å². The van der Waals surface area contributed by atoms with Crippen molar-refractivity contribution in [3.05, 3.63) is 24.3 Å². The monoisotopic (exact) mass is 195 g/mol. The predicted molar refractivity (Wildman–Crippen MR) is 60.4 cm³/mol. The average Bonchev–Trinajstić information content (AvgIpc) is 2.65. The fourth-order valence-electron chi connectivity index (χ4n) is 1.89. The van der Waals surface area contributed by atoms with Gasteiger partial charge in [0.25, 0.3) is 0 Å². The van der Waals surface area contributed by atoms with Crippen molar-refractivity contribution in [1.29, 1.82) is 0 Å². The summed E-state index contributed by atoms with van der Waals surface area (Å²) in [6, 6.07) is 0.436. The first-order valence-corrected chi connectivity index (χ1v) is 5.27. The van der Waals surface area contributed by atoms with E-state index in [1.54, 1.807) is 7.11 Å². The van der Waals surface area contributed by atoms with E-state index in [9.17, 15) is 0 Å². The maximum atomic E-state index is 5.34. The van der Waals surface area contributed by atoms with Gasteiger partial charge in [-0.2, -0.15) is 0 Å². The normalized spacial score (nSPS) is 25.8. The van der Waals surface area contributed by atoms with Gasteiger partial charge in [-0.25, -0.2) is 0 Å². The molecule has 0 aliphatic carbocycles. The quantitative estimate of drug-likeness (QED) is 0.638. The van der Waals surface area contributed by atoms with Crippen LogP contribution < -0.4 is 0 Å². The van der Waals surface area contributed by atoms with E-state index in [1.165, 1.54) is 5.57 Å². The van der Waals surface area contributed by atoms with E-state index in [4.69, 9.17) is 4.74 Å². The van der Waals surface area contributed by atoms with Gasteiger partial charge in [0.05, 0.1) is 6.10 Å². The Morgan fingerprint density at radius 2 is 2.36 bits per heavy atom. The van der Waals surface area contributed by atoms with Crippen molar-refractivity contribution in [3.63, 3.8) is 0 Å². The van der Waals surface area contributed by atoms with Crippen molar-refractivity contribution in [3.8, 4) is 0 Å². The summed E-state index contributed by atoms with van der Waals surface area (Å²) in [5, 5.41) is 0. The second-order valence-corrected chi connectivity index (χ2v) is 3.89. The maximum absolute atomic E-state index is 5.34. The van der Waals surface area contributed by atoms with Gasteiger partial charge in [-0.15, -0.1) is 0 Å². The lowest BCUT2D eigenvalue weighted by Crippen LogP contribution is -2.32. The molecule has 1 rings (SSSR count). The van der Waals surface area contributed by atoms with Crippen molar-refractivity contribution < 1.29 is 4.74 Å². The highest BCUT2D eigenvalue weighted by molar-refractivity contribution is 5.20. The Bertz CT molecular complexity index is 222. The molecule has 14 heavy (non-hydrogen) atoms. The van der Waals surface area contributed by atoms with Crippen LogP contribution in [0.3, 0.4) is 0 Å². The molecule has 0 amide bonds. The van der Waals surface area contributed by atoms with Gasteiger partial charge < -0.3 is 4.74 Å². The minimum Gasteiger partial charge on any atom is -0.380 e. The standard InChI is InChI=1S/C12H21NO/c1-5-6-10(2)11(3)13-8-7-12(9-13)14-4/h5-6,11-12H,2,7-9H2,1,3-4H3. The number of hydrogen-bond acceptors (Lipinski definition) is 2. The molecule has 0 bridgehead atoms. The molecule has 2 unspecified atom stereocenters. The third kappa shape index (κ3) is 2.69. The molecular weight excluding hydrogens is 174 g/mol. The number of likely N-dealkylation sites (tertiary alicyclic amines) is 1. The van der Waals surface area contributed by atoms with Crippen LogP contribution in [0.4, 0.5) is 0 Å². The van der Waals surface area contributed by atoms with Crippen molar-refractivity contribution in [1.82, 2.24) is 4.90 Å². The molecule has 2 nitrogen and oxygen atoms in total. The number of methoxy groups -OCH3 is 1. The van der Waals surface area contributed by atoms with Crippen molar-refractivity contribution in [2.75, 3.05) is 20.2 Å². The van der Waals surface area contributed by atoms with Crippen molar-refractivity contribution in [2.45, 2.75) is 32.4 Å². The topological polar surface area (TPSA) is 12.5 Å². The molecular formula is C12H21NO. The summed E-state index contributed by atoms with van der Waals surface area (Å²) < 4.78 is 5.34. The van der Waals surface area contributed by atoms with E-state index in [0.29, 0.717) is 12.1 Å². The van der Waals surface area contributed by atoms with E-state index in [-0.39, 0.29) is 0 Å². The lowest BCUT2D eigenvalue weighted by atomic mass is 10.1. The molecule has 1 aliphatic heterocycles. The van der Waals surface area contributed by atoms with Crippen LogP contribution in [-0.2, 0) is 4.74 Å². The zero-order valence-corrected chi connectivity index (χ0v) is 9.49. The van der Waals surface area contributed by atoms with Crippen molar-refractivity contribution in [2.24, 2.45) is 0 Å². The first kappa shape index (κ1) is 11.5. The largest absolute Gasteiger partial charge is 0.380 e. The summed E-state index contributed by atoms with van der Waals surface area (Å²) in [5.41, 5.74) is 1.18. The fraction of sp³-hybridized carbons (Fsp3) is 0.667. The molecule has 2 heteroatoms. The molecule has 0 aromatic rings. The molecule has 0 N–H and O–H groups in total. The Morgan fingerprint density at radius 1 is 1.64 bits per heavy atom. The van der Waals surface area contributed by atoms with Crippen molar-refractivity contribution >= 4 is 0 Å². The van der Waals surface area contributed by atoms with E-state index in [1.807, 2.05) is 13.0 Å². The minimum atomic E-state index is 0.413. The summed E-state index contributed by atoms with van der Waals surface area (Å²) in [6.07, 6.45) is 5.69. The summed E-state index contributed by atoms with van der Waals surface area (Å²) in [4.78, 5) is 2.43. The van der Waals surface area contributed by atoms with Gasteiger partial charge in [-0.1, -0.05) is 18.7 Å². The van der Waals surface area contributed by atoms with E-state index in [0.717, 1.165) is 19.5 Å². The minimum absolute atomic E-state index is 0.413.